The van der Waals surface area contributed by atoms with E-state index in [1.165, 1.54) is 44.9 Å². The minimum absolute atomic E-state index is 0.433. The molecule has 4 rings (SSSR count). The topological polar surface area (TPSA) is 40.5 Å². The van der Waals surface area contributed by atoms with E-state index in [-0.39, 0.29) is 0 Å². The molecule has 0 amide bonds. The first-order valence-electron chi connectivity index (χ1n) is 12.5. The first kappa shape index (κ1) is 21.7. The highest BCUT2D eigenvalue weighted by atomic mass is 16.3. The molecule has 0 aromatic heterocycles. The molecular weight excluding hydrogens is 356 g/mol. The molecule has 1 unspecified atom stereocenters. The third-order valence-electron chi connectivity index (χ3n) is 10.8. The van der Waals surface area contributed by atoms with Gasteiger partial charge in [-0.15, -0.1) is 6.42 Å². The second-order valence-electron chi connectivity index (χ2n) is 12.3. The molecule has 0 saturated heterocycles. The Morgan fingerprint density at radius 3 is 2.38 bits per heavy atom. The molecule has 4 saturated carbocycles. The summed E-state index contributed by atoms with van der Waals surface area (Å²) in [7, 11) is 0. The van der Waals surface area contributed by atoms with Gasteiger partial charge in [0.2, 0.25) is 0 Å². The lowest BCUT2D eigenvalue weighted by Gasteiger charge is -2.62. The Morgan fingerprint density at radius 1 is 0.931 bits per heavy atom. The standard InChI is InChI=1S/C27H44O2/c1-6-20(28)9-7-18(2)22-11-12-23-21-10-8-19-17-25(3,29)15-16-26(19,4)24(21)13-14-27(22,23)5/h1,18-24,28-29H,7-17H2,2-5H3/t18-,19+,20?,21+,22-,23+,24+,25+,26+,27-/m1/s1. The van der Waals surface area contributed by atoms with E-state index in [1.807, 2.05) is 0 Å². The van der Waals surface area contributed by atoms with Gasteiger partial charge >= 0.3 is 0 Å². The Bertz CT molecular complexity index is 647. The van der Waals surface area contributed by atoms with Gasteiger partial charge in [0.05, 0.1) is 5.60 Å². The Kier molecular flexibility index (Phi) is 5.66. The summed E-state index contributed by atoms with van der Waals surface area (Å²) < 4.78 is 0. The number of fused-ring (bicyclic) bond motifs is 5. The summed E-state index contributed by atoms with van der Waals surface area (Å²) >= 11 is 0. The molecule has 0 radical (unpaired) electrons. The normalized spacial score (nSPS) is 51.3. The molecule has 4 aliphatic rings. The van der Waals surface area contributed by atoms with Gasteiger partial charge in [-0.2, -0.15) is 0 Å². The van der Waals surface area contributed by atoms with Crippen molar-refractivity contribution in [2.24, 2.45) is 46.3 Å². The predicted molar refractivity (Wildman–Crippen MR) is 119 cm³/mol. The maximum Gasteiger partial charge on any atom is 0.114 e. The number of terminal acetylenes is 1. The quantitative estimate of drug-likeness (QED) is 0.585. The lowest BCUT2D eigenvalue weighted by atomic mass is 9.43. The largest absolute Gasteiger partial charge is 0.390 e. The smallest absolute Gasteiger partial charge is 0.114 e. The first-order valence-corrected chi connectivity index (χ1v) is 12.5. The molecule has 164 valence electrons. The molecule has 29 heavy (non-hydrogen) atoms. The number of hydrogen-bond donors (Lipinski definition) is 2. The van der Waals surface area contributed by atoms with Crippen molar-refractivity contribution in [3.05, 3.63) is 0 Å². The molecule has 4 aliphatic carbocycles. The van der Waals surface area contributed by atoms with Gasteiger partial charge in [0.15, 0.2) is 0 Å². The van der Waals surface area contributed by atoms with Crippen molar-refractivity contribution >= 4 is 0 Å². The van der Waals surface area contributed by atoms with Gasteiger partial charge < -0.3 is 10.2 Å². The van der Waals surface area contributed by atoms with Crippen molar-refractivity contribution in [2.75, 3.05) is 0 Å². The van der Waals surface area contributed by atoms with E-state index in [0.29, 0.717) is 16.7 Å². The molecule has 4 fully saturated rings. The van der Waals surface area contributed by atoms with Crippen LogP contribution in [0, 0.1) is 58.7 Å². The van der Waals surface area contributed by atoms with E-state index in [0.717, 1.165) is 55.3 Å². The monoisotopic (exact) mass is 400 g/mol. The van der Waals surface area contributed by atoms with Gasteiger partial charge in [-0.3, -0.25) is 0 Å². The van der Waals surface area contributed by atoms with Crippen molar-refractivity contribution in [1.29, 1.82) is 0 Å². The average molecular weight is 401 g/mol. The van der Waals surface area contributed by atoms with Crippen molar-refractivity contribution in [3.8, 4) is 12.3 Å². The van der Waals surface area contributed by atoms with Crippen molar-refractivity contribution in [3.63, 3.8) is 0 Å². The summed E-state index contributed by atoms with van der Waals surface area (Å²) in [5, 5.41) is 20.5. The molecule has 2 N–H and O–H groups in total. The maximum atomic E-state index is 10.7. The molecule has 2 nitrogen and oxygen atoms in total. The van der Waals surface area contributed by atoms with Crippen LogP contribution in [0.3, 0.4) is 0 Å². The van der Waals surface area contributed by atoms with Crippen LogP contribution in [0.2, 0.25) is 0 Å². The van der Waals surface area contributed by atoms with Crippen molar-refractivity contribution in [1.82, 2.24) is 0 Å². The van der Waals surface area contributed by atoms with Gasteiger partial charge in [-0.25, -0.2) is 0 Å². The maximum absolute atomic E-state index is 10.7. The molecule has 0 aromatic rings. The van der Waals surface area contributed by atoms with E-state index in [1.54, 1.807) is 0 Å². The molecule has 0 aliphatic heterocycles. The summed E-state index contributed by atoms with van der Waals surface area (Å²) in [6.45, 7) is 9.67. The fraction of sp³-hybridized carbons (Fsp3) is 0.926. The molecule has 0 bridgehead atoms. The predicted octanol–water partition coefficient (Wildman–Crippen LogP) is 5.81. The van der Waals surface area contributed by atoms with Crippen molar-refractivity contribution in [2.45, 2.75) is 110 Å². The third kappa shape index (κ3) is 3.59. The SMILES string of the molecule is C#CC(O)CC[C@@H](C)[C@H]1CC[C@H]2[C@@H]3CC[C@H]4C[C@@](C)(O)CC[C@]4(C)[C@H]3CC[C@]12C. The highest BCUT2D eigenvalue weighted by Gasteiger charge is 2.61. The molecule has 0 heterocycles. The summed E-state index contributed by atoms with van der Waals surface area (Å²) in [6, 6.07) is 0. The zero-order valence-electron chi connectivity index (χ0n) is 19.3. The van der Waals surface area contributed by atoms with Crippen LogP contribution in [-0.4, -0.2) is 21.9 Å². The Labute approximate surface area is 179 Å². The van der Waals surface area contributed by atoms with Gasteiger partial charge in [0.25, 0.3) is 0 Å². The number of aliphatic hydroxyl groups excluding tert-OH is 1. The summed E-state index contributed by atoms with van der Waals surface area (Å²) in [5.41, 5.74) is 0.495. The van der Waals surface area contributed by atoms with Crippen LogP contribution in [0.5, 0.6) is 0 Å². The lowest BCUT2D eigenvalue weighted by molar-refractivity contribution is -0.148. The minimum atomic E-state index is -0.572. The summed E-state index contributed by atoms with van der Waals surface area (Å²) in [6.07, 6.45) is 18.1. The lowest BCUT2D eigenvalue weighted by Crippen LogP contribution is -2.55. The van der Waals surface area contributed by atoms with Crippen molar-refractivity contribution < 1.29 is 10.2 Å². The zero-order chi connectivity index (χ0) is 21.0. The van der Waals surface area contributed by atoms with E-state index < -0.39 is 11.7 Å². The zero-order valence-corrected chi connectivity index (χ0v) is 19.3. The second-order valence-corrected chi connectivity index (χ2v) is 12.3. The molecule has 0 spiro atoms. The van der Waals surface area contributed by atoms with Crippen LogP contribution in [0.15, 0.2) is 0 Å². The van der Waals surface area contributed by atoms with E-state index in [4.69, 9.17) is 6.42 Å². The van der Waals surface area contributed by atoms with Gasteiger partial charge in [0, 0.05) is 0 Å². The molecular formula is C27H44O2. The number of hydrogen-bond acceptors (Lipinski definition) is 2. The second kappa shape index (κ2) is 7.56. The Balaban J connectivity index is 1.49. The number of aliphatic hydroxyl groups is 2. The Hall–Kier alpha value is -0.520. The van der Waals surface area contributed by atoms with Gasteiger partial charge in [-0.05, 0) is 124 Å². The van der Waals surface area contributed by atoms with Crippen LogP contribution in [0.1, 0.15) is 98.3 Å². The van der Waals surface area contributed by atoms with Gasteiger partial charge in [0.1, 0.15) is 6.10 Å². The van der Waals surface area contributed by atoms with Crippen LogP contribution in [-0.2, 0) is 0 Å². The fourth-order valence-corrected chi connectivity index (χ4v) is 9.11. The van der Waals surface area contributed by atoms with E-state index in [2.05, 4.69) is 33.6 Å². The van der Waals surface area contributed by atoms with Gasteiger partial charge in [-0.1, -0.05) is 26.7 Å². The average Bonchev–Trinajstić information content (AvgIpc) is 3.03. The summed E-state index contributed by atoms with van der Waals surface area (Å²) in [4.78, 5) is 0. The summed E-state index contributed by atoms with van der Waals surface area (Å²) in [5.74, 6) is 7.29. The third-order valence-corrected chi connectivity index (χ3v) is 10.8. The van der Waals surface area contributed by atoms with E-state index in [9.17, 15) is 10.2 Å². The first-order chi connectivity index (χ1) is 13.6. The highest BCUT2D eigenvalue weighted by molar-refractivity contribution is 5.10. The molecule has 2 heteroatoms. The number of rotatable bonds is 4. The fourth-order valence-electron chi connectivity index (χ4n) is 9.11. The molecule has 10 atom stereocenters. The van der Waals surface area contributed by atoms with E-state index >= 15 is 0 Å². The Morgan fingerprint density at radius 2 is 1.66 bits per heavy atom. The van der Waals surface area contributed by atoms with Crippen LogP contribution in [0.25, 0.3) is 0 Å². The van der Waals surface area contributed by atoms with Crippen LogP contribution >= 0.6 is 0 Å². The van der Waals surface area contributed by atoms with Crippen LogP contribution < -0.4 is 0 Å². The minimum Gasteiger partial charge on any atom is -0.390 e. The highest BCUT2D eigenvalue weighted by Crippen LogP contribution is 2.68. The molecule has 0 aromatic carbocycles. The van der Waals surface area contributed by atoms with Crippen LogP contribution in [0.4, 0.5) is 0 Å².